The molecular formula is C12H15FN2O2. The van der Waals surface area contributed by atoms with Gasteiger partial charge >= 0.3 is 0 Å². The van der Waals surface area contributed by atoms with Crippen LogP contribution >= 0.6 is 0 Å². The molecule has 92 valence electrons. The van der Waals surface area contributed by atoms with Crippen molar-refractivity contribution < 1.29 is 13.9 Å². The number of hydrogen-bond acceptors (Lipinski definition) is 3. The number of carbonyl (C=O) groups excluding carboxylic acids is 1. The number of nitrogens with one attached hydrogen (secondary N) is 1. The lowest BCUT2D eigenvalue weighted by Gasteiger charge is -2.34. The highest BCUT2D eigenvalue weighted by atomic mass is 19.1. The van der Waals surface area contributed by atoms with E-state index in [9.17, 15) is 9.18 Å². The fraction of sp³-hybridized carbons (Fsp3) is 0.417. The van der Waals surface area contributed by atoms with Gasteiger partial charge in [0.2, 0.25) is 5.91 Å². The molecule has 5 heteroatoms. The van der Waals surface area contributed by atoms with Crippen LogP contribution in [0.15, 0.2) is 12.1 Å². The summed E-state index contributed by atoms with van der Waals surface area (Å²) in [6.45, 7) is 4.25. The summed E-state index contributed by atoms with van der Waals surface area (Å²) >= 11 is 0. The molecule has 0 atom stereocenters. The van der Waals surface area contributed by atoms with Crippen molar-refractivity contribution in [1.29, 1.82) is 0 Å². The van der Waals surface area contributed by atoms with E-state index in [0.29, 0.717) is 5.69 Å². The van der Waals surface area contributed by atoms with Crippen molar-refractivity contribution in [2.45, 2.75) is 19.9 Å². The fourth-order valence-electron chi connectivity index (χ4n) is 1.93. The van der Waals surface area contributed by atoms with Crippen LogP contribution < -0.4 is 15.0 Å². The summed E-state index contributed by atoms with van der Waals surface area (Å²) in [5, 5.41) is 2.66. The second kappa shape index (κ2) is 4.24. The van der Waals surface area contributed by atoms with Gasteiger partial charge in [-0.1, -0.05) is 0 Å². The first-order chi connectivity index (χ1) is 8.02. The molecule has 17 heavy (non-hydrogen) atoms. The Bertz CT molecular complexity index is 460. The minimum absolute atomic E-state index is 0.129. The number of anilines is 2. The second-order valence-corrected chi connectivity index (χ2v) is 4.27. The number of halogens is 1. The first-order valence-electron chi connectivity index (χ1n) is 5.47. The number of rotatable bonds is 2. The molecule has 1 N–H and O–H groups in total. The van der Waals surface area contributed by atoms with Crippen LogP contribution in [0.1, 0.15) is 13.8 Å². The molecule has 1 aliphatic rings. The van der Waals surface area contributed by atoms with Crippen molar-refractivity contribution in [2.75, 3.05) is 23.9 Å². The van der Waals surface area contributed by atoms with Gasteiger partial charge in [0.25, 0.3) is 0 Å². The number of fused-ring (bicyclic) bond motifs is 1. The summed E-state index contributed by atoms with van der Waals surface area (Å²) in [5.41, 5.74) is 1.28. The summed E-state index contributed by atoms with van der Waals surface area (Å²) in [6, 6.07) is 3.07. The van der Waals surface area contributed by atoms with Crippen LogP contribution in [0.4, 0.5) is 15.8 Å². The highest BCUT2D eigenvalue weighted by Crippen LogP contribution is 2.36. The highest BCUT2D eigenvalue weighted by Gasteiger charge is 2.25. The molecule has 0 spiro atoms. The SMILES string of the molecule is COc1cc2c(cc1F)NC(=O)CN2C(C)C. The van der Waals surface area contributed by atoms with Gasteiger partial charge in [-0.2, -0.15) is 0 Å². The topological polar surface area (TPSA) is 41.6 Å². The standard InChI is InChI=1S/C12H15FN2O2/c1-7(2)15-6-12(16)14-9-4-8(13)11(17-3)5-10(9)15/h4-5,7H,6H2,1-3H3,(H,14,16). The average Bonchev–Trinajstić information content (AvgIpc) is 2.26. The molecule has 0 radical (unpaired) electrons. The van der Waals surface area contributed by atoms with E-state index >= 15 is 0 Å². The van der Waals surface area contributed by atoms with Crippen molar-refractivity contribution in [3.05, 3.63) is 17.9 Å². The molecule has 0 saturated heterocycles. The van der Waals surface area contributed by atoms with E-state index < -0.39 is 5.82 Å². The van der Waals surface area contributed by atoms with Crippen molar-refractivity contribution >= 4 is 17.3 Å². The Morgan fingerprint density at radius 3 is 2.76 bits per heavy atom. The third-order valence-corrected chi connectivity index (χ3v) is 2.79. The van der Waals surface area contributed by atoms with Crippen LogP contribution in [0, 0.1) is 5.82 Å². The minimum Gasteiger partial charge on any atom is -0.494 e. The van der Waals surface area contributed by atoms with E-state index in [0.717, 1.165) is 5.69 Å². The van der Waals surface area contributed by atoms with Gasteiger partial charge in [-0.25, -0.2) is 4.39 Å². The number of amides is 1. The lowest BCUT2D eigenvalue weighted by molar-refractivity contribution is -0.115. The minimum atomic E-state index is -0.475. The summed E-state index contributed by atoms with van der Waals surface area (Å²) in [7, 11) is 1.42. The lowest BCUT2D eigenvalue weighted by Crippen LogP contribution is -2.42. The number of benzene rings is 1. The van der Waals surface area contributed by atoms with E-state index in [1.54, 1.807) is 6.07 Å². The molecule has 1 aliphatic heterocycles. The first kappa shape index (κ1) is 11.7. The Morgan fingerprint density at radius 2 is 2.18 bits per heavy atom. The van der Waals surface area contributed by atoms with Crippen LogP contribution in [0.5, 0.6) is 5.75 Å². The third-order valence-electron chi connectivity index (χ3n) is 2.79. The van der Waals surface area contributed by atoms with Crippen LogP contribution in [0.2, 0.25) is 0 Å². The molecule has 1 heterocycles. The highest BCUT2D eigenvalue weighted by molar-refractivity contribution is 6.01. The Kier molecular flexibility index (Phi) is 2.92. The van der Waals surface area contributed by atoms with Crippen LogP contribution in [0.25, 0.3) is 0 Å². The predicted molar refractivity (Wildman–Crippen MR) is 64.1 cm³/mol. The van der Waals surface area contributed by atoms with E-state index in [1.807, 2.05) is 18.7 Å². The van der Waals surface area contributed by atoms with Gasteiger partial charge in [-0.05, 0) is 13.8 Å². The van der Waals surface area contributed by atoms with Gasteiger partial charge < -0.3 is 15.0 Å². The maximum absolute atomic E-state index is 13.5. The monoisotopic (exact) mass is 238 g/mol. The van der Waals surface area contributed by atoms with Gasteiger partial charge in [-0.3, -0.25) is 4.79 Å². The molecule has 4 nitrogen and oxygen atoms in total. The van der Waals surface area contributed by atoms with Gasteiger partial charge in [0.1, 0.15) is 0 Å². The van der Waals surface area contributed by atoms with Gasteiger partial charge in [0, 0.05) is 18.2 Å². The molecule has 1 aromatic rings. The molecule has 1 aromatic carbocycles. The van der Waals surface area contributed by atoms with E-state index in [-0.39, 0.29) is 24.2 Å². The van der Waals surface area contributed by atoms with E-state index in [1.165, 1.54) is 13.2 Å². The number of carbonyl (C=O) groups is 1. The van der Waals surface area contributed by atoms with Gasteiger partial charge in [0.15, 0.2) is 11.6 Å². The Balaban J connectivity index is 2.52. The van der Waals surface area contributed by atoms with Crippen LogP contribution in [0.3, 0.4) is 0 Å². The largest absolute Gasteiger partial charge is 0.494 e. The molecule has 0 saturated carbocycles. The molecule has 0 unspecified atom stereocenters. The molecule has 2 rings (SSSR count). The zero-order valence-corrected chi connectivity index (χ0v) is 10.1. The Labute approximate surface area is 99.4 Å². The molecule has 0 aromatic heterocycles. The van der Waals surface area contributed by atoms with Gasteiger partial charge in [-0.15, -0.1) is 0 Å². The third kappa shape index (κ3) is 2.05. The maximum atomic E-state index is 13.5. The van der Waals surface area contributed by atoms with Crippen LogP contribution in [-0.2, 0) is 4.79 Å². The second-order valence-electron chi connectivity index (χ2n) is 4.27. The summed E-state index contributed by atoms with van der Waals surface area (Å²) < 4.78 is 18.5. The molecule has 1 amide bonds. The predicted octanol–water partition coefficient (Wildman–Crippen LogP) is 2.00. The van der Waals surface area contributed by atoms with E-state index in [4.69, 9.17) is 4.74 Å². The lowest BCUT2D eigenvalue weighted by atomic mass is 10.1. The van der Waals surface area contributed by atoms with Crippen molar-refractivity contribution in [1.82, 2.24) is 0 Å². The summed E-state index contributed by atoms with van der Waals surface area (Å²) in [5.74, 6) is -0.418. The summed E-state index contributed by atoms with van der Waals surface area (Å²) in [6.07, 6.45) is 0. The molecule has 0 aliphatic carbocycles. The molecule has 0 fully saturated rings. The van der Waals surface area contributed by atoms with Gasteiger partial charge in [0.05, 0.1) is 25.0 Å². The smallest absolute Gasteiger partial charge is 0.243 e. The Morgan fingerprint density at radius 1 is 1.47 bits per heavy atom. The quantitative estimate of drug-likeness (QED) is 0.856. The molecular weight excluding hydrogens is 223 g/mol. The Hall–Kier alpha value is -1.78. The molecule has 0 bridgehead atoms. The zero-order valence-electron chi connectivity index (χ0n) is 10.1. The maximum Gasteiger partial charge on any atom is 0.243 e. The number of nitrogens with zero attached hydrogens (tertiary/aromatic N) is 1. The van der Waals surface area contributed by atoms with Crippen molar-refractivity contribution in [3.8, 4) is 5.75 Å². The van der Waals surface area contributed by atoms with Crippen molar-refractivity contribution in [3.63, 3.8) is 0 Å². The zero-order chi connectivity index (χ0) is 12.6. The van der Waals surface area contributed by atoms with Crippen LogP contribution in [-0.4, -0.2) is 25.6 Å². The number of hydrogen-bond donors (Lipinski definition) is 1. The number of methoxy groups -OCH3 is 1. The number of ether oxygens (including phenoxy) is 1. The fourth-order valence-corrected chi connectivity index (χ4v) is 1.93. The first-order valence-corrected chi connectivity index (χ1v) is 5.47. The summed E-state index contributed by atoms with van der Waals surface area (Å²) in [4.78, 5) is 13.4. The normalized spacial score (nSPS) is 14.6. The average molecular weight is 238 g/mol. The van der Waals surface area contributed by atoms with Crippen molar-refractivity contribution in [2.24, 2.45) is 0 Å². The van der Waals surface area contributed by atoms with E-state index in [2.05, 4.69) is 5.32 Å².